The van der Waals surface area contributed by atoms with Gasteiger partial charge in [-0.1, -0.05) is 25.1 Å². The van der Waals surface area contributed by atoms with Crippen LogP contribution in [0.1, 0.15) is 25.0 Å². The minimum Gasteiger partial charge on any atom is -0.324 e. The van der Waals surface area contributed by atoms with Crippen LogP contribution in [-0.4, -0.2) is 11.9 Å². The zero-order valence-corrected chi connectivity index (χ0v) is 10.7. The van der Waals surface area contributed by atoms with Crippen molar-refractivity contribution in [2.45, 2.75) is 33.2 Å². The summed E-state index contributed by atoms with van der Waals surface area (Å²) >= 11 is 0. The minimum atomic E-state index is -0.477. The van der Waals surface area contributed by atoms with Gasteiger partial charge < -0.3 is 11.1 Å². The van der Waals surface area contributed by atoms with Crippen LogP contribution in [0.5, 0.6) is 0 Å². The number of hydrogen-bond acceptors (Lipinski definition) is 2. The van der Waals surface area contributed by atoms with Gasteiger partial charge in [0.25, 0.3) is 0 Å². The van der Waals surface area contributed by atoms with Crippen molar-refractivity contribution in [3.8, 4) is 0 Å². The molecule has 0 heterocycles. The van der Waals surface area contributed by atoms with E-state index < -0.39 is 6.04 Å². The van der Waals surface area contributed by atoms with E-state index in [1.807, 2.05) is 25.1 Å². The first kappa shape index (κ1) is 14.9. The largest absolute Gasteiger partial charge is 0.324 e. The number of anilines is 1. The quantitative estimate of drug-likeness (QED) is 0.854. The first-order valence-electron chi connectivity index (χ1n) is 5.21. The predicted octanol–water partition coefficient (Wildman–Crippen LogP) is 2.26. The van der Waals surface area contributed by atoms with Crippen LogP contribution in [0.25, 0.3) is 0 Å². The summed E-state index contributed by atoms with van der Waals surface area (Å²) in [5.41, 5.74) is 8.63. The number of aryl methyl sites for hydroxylation is 2. The highest BCUT2D eigenvalue weighted by Crippen LogP contribution is 2.20. The Morgan fingerprint density at radius 3 is 2.62 bits per heavy atom. The molecule has 4 heteroatoms. The lowest BCUT2D eigenvalue weighted by molar-refractivity contribution is -0.117. The number of nitrogens with one attached hydrogen (secondary N) is 1. The van der Waals surface area contributed by atoms with Crippen molar-refractivity contribution >= 4 is 24.0 Å². The van der Waals surface area contributed by atoms with Crippen molar-refractivity contribution in [3.05, 3.63) is 29.3 Å². The first-order chi connectivity index (χ1) is 7.06. The lowest BCUT2D eigenvalue weighted by atomic mass is 10.1. The van der Waals surface area contributed by atoms with Gasteiger partial charge in [-0.25, -0.2) is 0 Å². The van der Waals surface area contributed by atoms with E-state index in [-0.39, 0.29) is 18.3 Å². The Bertz CT molecular complexity index is 364. The van der Waals surface area contributed by atoms with Crippen molar-refractivity contribution < 1.29 is 4.79 Å². The first-order valence-corrected chi connectivity index (χ1v) is 5.21. The van der Waals surface area contributed by atoms with Gasteiger partial charge in [0.1, 0.15) is 0 Å². The number of rotatable bonds is 3. The van der Waals surface area contributed by atoms with Crippen molar-refractivity contribution in [2.24, 2.45) is 5.73 Å². The number of nitrogens with two attached hydrogens (primary N) is 1. The second-order valence-electron chi connectivity index (χ2n) is 3.74. The van der Waals surface area contributed by atoms with Gasteiger partial charge in [0.05, 0.1) is 6.04 Å². The normalized spacial score (nSPS) is 11.5. The molecule has 1 atom stereocenters. The third-order valence-corrected chi connectivity index (χ3v) is 2.40. The number of hydrogen-bond donors (Lipinski definition) is 2. The molecule has 1 rings (SSSR count). The molecule has 0 saturated carbocycles. The molecular formula is C12H19ClN2O. The molecule has 0 radical (unpaired) electrons. The third kappa shape index (κ3) is 3.51. The zero-order valence-electron chi connectivity index (χ0n) is 9.91. The fourth-order valence-electron chi connectivity index (χ4n) is 1.44. The average Bonchev–Trinajstić information content (AvgIpc) is 2.20. The summed E-state index contributed by atoms with van der Waals surface area (Å²) in [6.45, 7) is 5.73. The van der Waals surface area contributed by atoms with E-state index in [1.165, 1.54) is 0 Å². The van der Waals surface area contributed by atoms with Crippen LogP contribution in [0, 0.1) is 6.92 Å². The van der Waals surface area contributed by atoms with E-state index in [2.05, 4.69) is 12.2 Å². The van der Waals surface area contributed by atoms with Crippen LogP contribution in [0.15, 0.2) is 18.2 Å². The molecule has 0 spiro atoms. The Balaban J connectivity index is 0.00000225. The van der Waals surface area contributed by atoms with Crippen molar-refractivity contribution in [2.75, 3.05) is 5.32 Å². The smallest absolute Gasteiger partial charge is 0.241 e. The van der Waals surface area contributed by atoms with Gasteiger partial charge in [0.2, 0.25) is 5.91 Å². The average molecular weight is 243 g/mol. The Labute approximate surface area is 103 Å². The molecule has 90 valence electrons. The second-order valence-corrected chi connectivity index (χ2v) is 3.74. The molecule has 0 aliphatic rings. The fourth-order valence-corrected chi connectivity index (χ4v) is 1.44. The van der Waals surface area contributed by atoms with Crippen LogP contribution >= 0.6 is 12.4 Å². The molecule has 0 aliphatic heterocycles. The predicted molar refractivity (Wildman–Crippen MR) is 70.1 cm³/mol. The number of amides is 1. The molecular weight excluding hydrogens is 224 g/mol. The number of para-hydroxylation sites is 1. The van der Waals surface area contributed by atoms with Crippen LogP contribution < -0.4 is 11.1 Å². The van der Waals surface area contributed by atoms with E-state index in [0.29, 0.717) is 0 Å². The summed E-state index contributed by atoms with van der Waals surface area (Å²) in [6, 6.07) is 5.52. The molecule has 1 aromatic rings. The topological polar surface area (TPSA) is 55.1 Å². The maximum Gasteiger partial charge on any atom is 0.241 e. The second kappa shape index (κ2) is 6.51. The summed E-state index contributed by atoms with van der Waals surface area (Å²) < 4.78 is 0. The van der Waals surface area contributed by atoms with Crippen LogP contribution in [-0.2, 0) is 11.2 Å². The number of benzene rings is 1. The van der Waals surface area contributed by atoms with E-state index in [4.69, 9.17) is 5.73 Å². The number of halogens is 1. The molecule has 0 aliphatic carbocycles. The number of carbonyl (C=O) groups excluding carboxylic acids is 1. The molecule has 1 aromatic carbocycles. The van der Waals surface area contributed by atoms with Gasteiger partial charge in [0, 0.05) is 5.69 Å². The van der Waals surface area contributed by atoms with Crippen molar-refractivity contribution in [3.63, 3.8) is 0 Å². The lowest BCUT2D eigenvalue weighted by Crippen LogP contribution is -2.33. The van der Waals surface area contributed by atoms with Crippen LogP contribution in [0.2, 0.25) is 0 Å². The molecule has 16 heavy (non-hydrogen) atoms. The summed E-state index contributed by atoms with van der Waals surface area (Å²) in [4.78, 5) is 11.5. The highest BCUT2D eigenvalue weighted by atomic mass is 35.5. The molecule has 3 N–H and O–H groups in total. The maximum absolute atomic E-state index is 11.5. The van der Waals surface area contributed by atoms with Gasteiger partial charge in [-0.2, -0.15) is 0 Å². The Hall–Kier alpha value is -1.06. The molecule has 3 nitrogen and oxygen atoms in total. The van der Waals surface area contributed by atoms with Gasteiger partial charge in [-0.15, -0.1) is 12.4 Å². The van der Waals surface area contributed by atoms with E-state index in [1.54, 1.807) is 6.92 Å². The summed E-state index contributed by atoms with van der Waals surface area (Å²) in [7, 11) is 0. The van der Waals surface area contributed by atoms with Crippen molar-refractivity contribution in [1.82, 2.24) is 0 Å². The van der Waals surface area contributed by atoms with Crippen molar-refractivity contribution in [1.29, 1.82) is 0 Å². The monoisotopic (exact) mass is 242 g/mol. The summed E-state index contributed by atoms with van der Waals surface area (Å²) in [5, 5.41) is 2.87. The Kier molecular flexibility index (Phi) is 6.08. The van der Waals surface area contributed by atoms with E-state index in [0.717, 1.165) is 23.2 Å². The van der Waals surface area contributed by atoms with Crippen LogP contribution in [0.3, 0.4) is 0 Å². The maximum atomic E-state index is 11.5. The molecule has 1 amide bonds. The highest BCUT2D eigenvalue weighted by Gasteiger charge is 2.11. The zero-order chi connectivity index (χ0) is 11.4. The minimum absolute atomic E-state index is 0. The Morgan fingerprint density at radius 1 is 1.50 bits per heavy atom. The van der Waals surface area contributed by atoms with E-state index in [9.17, 15) is 4.79 Å². The Morgan fingerprint density at radius 2 is 2.12 bits per heavy atom. The van der Waals surface area contributed by atoms with Gasteiger partial charge in [-0.3, -0.25) is 4.79 Å². The van der Waals surface area contributed by atoms with Gasteiger partial charge in [0.15, 0.2) is 0 Å². The van der Waals surface area contributed by atoms with Gasteiger partial charge in [-0.05, 0) is 31.4 Å². The fraction of sp³-hybridized carbons (Fsp3) is 0.417. The molecule has 0 unspecified atom stereocenters. The standard InChI is InChI=1S/C12H18N2O.ClH/c1-4-10-7-5-6-8(2)11(10)14-12(15)9(3)13;/h5-7,9H,4,13H2,1-3H3,(H,14,15);1H/t9-;/m1./s1. The van der Waals surface area contributed by atoms with Crippen LogP contribution in [0.4, 0.5) is 5.69 Å². The molecule has 0 saturated heterocycles. The lowest BCUT2D eigenvalue weighted by Gasteiger charge is -2.14. The highest BCUT2D eigenvalue weighted by molar-refractivity contribution is 5.95. The number of carbonyl (C=O) groups is 1. The van der Waals surface area contributed by atoms with Gasteiger partial charge >= 0.3 is 0 Å². The molecule has 0 aromatic heterocycles. The third-order valence-electron chi connectivity index (χ3n) is 2.40. The molecule has 0 fully saturated rings. The summed E-state index contributed by atoms with van der Waals surface area (Å²) in [5.74, 6) is -0.140. The summed E-state index contributed by atoms with van der Waals surface area (Å²) in [6.07, 6.45) is 0.899. The molecule has 0 bridgehead atoms. The SMILES string of the molecule is CCc1cccc(C)c1NC(=O)[C@@H](C)N.Cl. The van der Waals surface area contributed by atoms with E-state index >= 15 is 0 Å².